The van der Waals surface area contributed by atoms with Gasteiger partial charge in [-0.05, 0) is 17.7 Å². The van der Waals surface area contributed by atoms with Gasteiger partial charge in [0.15, 0.2) is 0 Å². The maximum absolute atomic E-state index is 4.38. The molecule has 3 aromatic rings. The maximum atomic E-state index is 4.38. The fourth-order valence-corrected chi connectivity index (χ4v) is 1.92. The molecule has 0 bridgehead atoms. The number of benzene rings is 2. The van der Waals surface area contributed by atoms with Gasteiger partial charge in [0.2, 0.25) is 0 Å². The molecule has 6 heteroatoms. The van der Waals surface area contributed by atoms with Crippen LogP contribution in [-0.4, -0.2) is 26.6 Å². The van der Waals surface area contributed by atoms with Crippen molar-refractivity contribution in [3.05, 3.63) is 66.5 Å². The molecule has 1 aromatic heterocycles. The van der Waals surface area contributed by atoms with Gasteiger partial charge in [0.25, 0.3) is 0 Å². The van der Waals surface area contributed by atoms with Gasteiger partial charge in [0.05, 0.1) is 41.1 Å². The third-order valence-electron chi connectivity index (χ3n) is 2.72. The summed E-state index contributed by atoms with van der Waals surface area (Å²) in [5.74, 6) is 0. The fourth-order valence-electron chi connectivity index (χ4n) is 1.92. The van der Waals surface area contributed by atoms with Crippen LogP contribution in [0.3, 0.4) is 0 Å². The molecule has 0 N–H and O–H groups in total. The number of fused-ring (bicyclic) bond motifs is 1. The van der Waals surface area contributed by atoms with E-state index in [-0.39, 0.29) is 17.1 Å². The zero-order valence-corrected chi connectivity index (χ0v) is 14.1. The molecule has 1 heterocycles. The van der Waals surface area contributed by atoms with Gasteiger partial charge < -0.3 is 4.57 Å². The van der Waals surface area contributed by atoms with E-state index >= 15 is 0 Å². The standard InChI is InChI=1S/C14H12N2.Cl2O.H2Se/c1-2-6-12(7-3-1)10-16-11-15-13-8-4-5-9-14(13)16;1-3-2;/h1-9,11H,10H2;;1H2. The van der Waals surface area contributed by atoms with E-state index in [0.29, 0.717) is 0 Å². The zero-order chi connectivity index (χ0) is 13.5. The molecule has 0 saturated heterocycles. The van der Waals surface area contributed by atoms with Crippen molar-refractivity contribution in [3.63, 3.8) is 0 Å². The van der Waals surface area contributed by atoms with Crippen LogP contribution in [0.1, 0.15) is 5.56 Å². The number of para-hydroxylation sites is 2. The summed E-state index contributed by atoms with van der Waals surface area (Å²) in [4.78, 5) is 4.38. The Labute approximate surface area is 138 Å². The van der Waals surface area contributed by atoms with Crippen molar-refractivity contribution in [3.8, 4) is 0 Å². The Balaban J connectivity index is 0.000000462. The van der Waals surface area contributed by atoms with Gasteiger partial charge >= 0.3 is 17.1 Å². The molecular formula is C14H14Cl2N2OSe. The van der Waals surface area contributed by atoms with Crippen LogP contribution in [0.25, 0.3) is 11.0 Å². The molecule has 0 saturated carbocycles. The second-order valence-corrected chi connectivity index (χ2v) is 4.37. The summed E-state index contributed by atoms with van der Waals surface area (Å²) < 4.78 is 5.37. The molecule has 0 aliphatic heterocycles. The first-order valence-corrected chi connectivity index (χ1v) is 6.30. The van der Waals surface area contributed by atoms with E-state index < -0.39 is 0 Å². The van der Waals surface area contributed by atoms with E-state index in [1.807, 2.05) is 30.6 Å². The molecule has 0 amide bonds. The maximum Gasteiger partial charge on any atom is 0.0961 e. The number of hydrogen-bond donors (Lipinski definition) is 0. The Morgan fingerprint density at radius 3 is 2.25 bits per heavy atom. The largest absolute Gasteiger partial charge is 0.326 e. The number of rotatable bonds is 2. The van der Waals surface area contributed by atoms with Crippen LogP contribution in [0, 0.1) is 0 Å². The first-order valence-electron chi connectivity index (χ1n) is 5.68. The minimum atomic E-state index is 0. The van der Waals surface area contributed by atoms with E-state index in [9.17, 15) is 0 Å². The summed E-state index contributed by atoms with van der Waals surface area (Å²) in [5.41, 5.74) is 3.54. The number of halogens is 2. The SMILES string of the molecule is ClOCl.[SeH2].c1ccc(Cn2cnc3ccccc32)cc1. The summed E-state index contributed by atoms with van der Waals surface area (Å²) in [7, 11) is 0. The van der Waals surface area contributed by atoms with Crippen molar-refractivity contribution in [1.82, 2.24) is 9.55 Å². The molecule has 3 rings (SSSR count). The van der Waals surface area contributed by atoms with Crippen LogP contribution in [-0.2, 0) is 10.4 Å². The van der Waals surface area contributed by atoms with Crippen LogP contribution in [0.2, 0.25) is 0 Å². The Morgan fingerprint density at radius 1 is 0.950 bits per heavy atom. The molecular weight excluding hydrogens is 362 g/mol. The van der Waals surface area contributed by atoms with Gasteiger partial charge in [-0.25, -0.2) is 4.98 Å². The first-order chi connectivity index (χ1) is 9.35. The van der Waals surface area contributed by atoms with Gasteiger partial charge in [-0.3, -0.25) is 0 Å². The Kier molecular flexibility index (Phi) is 7.67. The summed E-state index contributed by atoms with van der Waals surface area (Å²) in [5, 5.41) is 0. The molecule has 106 valence electrons. The van der Waals surface area contributed by atoms with Crippen molar-refractivity contribution in [2.75, 3.05) is 0 Å². The molecule has 3 nitrogen and oxygen atoms in total. The molecule has 0 atom stereocenters. The number of aromatic nitrogens is 2. The molecule has 0 spiro atoms. The fraction of sp³-hybridized carbons (Fsp3) is 0.0714. The van der Waals surface area contributed by atoms with Gasteiger partial charge in [0, 0.05) is 6.54 Å². The van der Waals surface area contributed by atoms with E-state index in [1.54, 1.807) is 0 Å². The number of hydrogen-bond acceptors (Lipinski definition) is 2. The van der Waals surface area contributed by atoms with Gasteiger partial charge in [0.1, 0.15) is 0 Å². The van der Waals surface area contributed by atoms with Crippen LogP contribution >= 0.6 is 23.7 Å². The number of nitrogens with zero attached hydrogens (tertiary/aromatic N) is 2. The van der Waals surface area contributed by atoms with Crippen LogP contribution in [0.15, 0.2) is 60.9 Å². The van der Waals surface area contributed by atoms with Crippen molar-refractivity contribution in [2.24, 2.45) is 0 Å². The predicted molar refractivity (Wildman–Crippen MR) is 86.6 cm³/mol. The predicted octanol–water partition coefficient (Wildman–Crippen LogP) is 3.48. The van der Waals surface area contributed by atoms with Crippen molar-refractivity contribution < 1.29 is 3.84 Å². The van der Waals surface area contributed by atoms with Crippen LogP contribution in [0.4, 0.5) is 0 Å². The van der Waals surface area contributed by atoms with E-state index in [4.69, 9.17) is 0 Å². The van der Waals surface area contributed by atoms with Gasteiger partial charge in [-0.15, -0.1) is 0 Å². The quantitative estimate of drug-likeness (QED) is 0.641. The van der Waals surface area contributed by atoms with Crippen molar-refractivity contribution in [2.45, 2.75) is 6.54 Å². The molecule has 20 heavy (non-hydrogen) atoms. The van der Waals surface area contributed by atoms with E-state index in [2.05, 4.69) is 67.5 Å². The second-order valence-electron chi connectivity index (χ2n) is 3.91. The summed E-state index contributed by atoms with van der Waals surface area (Å²) >= 11 is 8.53. The molecule has 0 unspecified atom stereocenters. The van der Waals surface area contributed by atoms with E-state index in [1.165, 1.54) is 11.1 Å². The molecule has 0 aliphatic carbocycles. The average Bonchev–Trinajstić information content (AvgIpc) is 2.85. The Bertz CT molecular complexity index is 631. The third-order valence-corrected chi connectivity index (χ3v) is 2.72. The van der Waals surface area contributed by atoms with Gasteiger partial charge in [-0.1, -0.05) is 42.5 Å². The number of imidazole rings is 1. The minimum absolute atomic E-state index is 0. The average molecular weight is 376 g/mol. The monoisotopic (exact) mass is 376 g/mol. The Hall–Kier alpha value is -1.03. The topological polar surface area (TPSA) is 27.1 Å². The smallest absolute Gasteiger partial charge is 0.0961 e. The summed E-state index contributed by atoms with van der Waals surface area (Å²) in [6.45, 7) is 0.876. The zero-order valence-electron chi connectivity index (χ0n) is 10.5. The first kappa shape index (κ1) is 17.0. The second kappa shape index (κ2) is 9.01. The molecule has 2 aromatic carbocycles. The molecule has 0 aliphatic rings. The molecule has 0 radical (unpaired) electrons. The summed E-state index contributed by atoms with van der Waals surface area (Å²) in [6, 6.07) is 18.6. The van der Waals surface area contributed by atoms with Crippen molar-refractivity contribution in [1.29, 1.82) is 0 Å². The van der Waals surface area contributed by atoms with Crippen LogP contribution < -0.4 is 0 Å². The van der Waals surface area contributed by atoms with Crippen LogP contribution in [0.5, 0.6) is 0 Å². The van der Waals surface area contributed by atoms with Crippen molar-refractivity contribution >= 4 is 51.8 Å². The molecule has 0 fully saturated rings. The Morgan fingerprint density at radius 2 is 1.55 bits per heavy atom. The third kappa shape index (κ3) is 4.51. The van der Waals surface area contributed by atoms with E-state index in [0.717, 1.165) is 12.1 Å². The normalized spacial score (nSPS) is 9.50. The minimum Gasteiger partial charge on any atom is -0.326 e. The van der Waals surface area contributed by atoms with Gasteiger partial charge in [-0.2, -0.15) is 3.84 Å². The summed E-state index contributed by atoms with van der Waals surface area (Å²) in [6.07, 6.45) is 1.90.